The highest BCUT2D eigenvalue weighted by molar-refractivity contribution is 7.79. The summed E-state index contributed by atoms with van der Waals surface area (Å²) in [5.41, 5.74) is 9.41. The first-order chi connectivity index (χ1) is 11.8. The number of hydrogen-bond acceptors (Lipinski definition) is 1. The third kappa shape index (κ3) is 2.90. The van der Waals surface area contributed by atoms with Crippen molar-refractivity contribution in [3.05, 3.63) is 90.0 Å². The Balaban J connectivity index is 1.93. The second kappa shape index (κ2) is 6.89. The normalized spacial score (nSPS) is 16.8. The van der Waals surface area contributed by atoms with Crippen molar-refractivity contribution in [1.29, 1.82) is 0 Å². The summed E-state index contributed by atoms with van der Waals surface area (Å²) in [6.45, 7) is 0. The van der Waals surface area contributed by atoms with Gasteiger partial charge in [0.1, 0.15) is 0 Å². The Kier molecular flexibility index (Phi) is 4.47. The van der Waals surface area contributed by atoms with E-state index in [-0.39, 0.29) is 6.04 Å². The minimum Gasteiger partial charge on any atom is -0.324 e. The van der Waals surface area contributed by atoms with E-state index in [2.05, 4.69) is 78.9 Å². The van der Waals surface area contributed by atoms with Gasteiger partial charge in [0.25, 0.3) is 0 Å². The van der Waals surface area contributed by atoms with Crippen LogP contribution in [-0.4, -0.2) is 0 Å². The first-order valence-electron chi connectivity index (χ1n) is 8.62. The number of benzene rings is 3. The molecule has 1 aliphatic carbocycles. The lowest BCUT2D eigenvalue weighted by Gasteiger charge is -2.29. The molecule has 0 aliphatic heterocycles. The van der Waals surface area contributed by atoms with E-state index in [0.29, 0.717) is 0 Å². The van der Waals surface area contributed by atoms with Gasteiger partial charge in [0.05, 0.1) is 0 Å². The summed E-state index contributed by atoms with van der Waals surface area (Å²) in [5, 5.41) is 4.22. The zero-order valence-corrected chi connectivity index (χ0v) is 14.6. The van der Waals surface area contributed by atoms with Gasteiger partial charge in [-0.25, -0.2) is 0 Å². The molecule has 0 aromatic heterocycles. The summed E-state index contributed by atoms with van der Waals surface area (Å²) in [5.74, 6) is 0. The lowest BCUT2D eigenvalue weighted by molar-refractivity contribution is 0.573. The molecule has 1 aliphatic rings. The molecule has 2 N–H and O–H groups in total. The minimum absolute atomic E-state index is 0.169. The van der Waals surface area contributed by atoms with Crippen molar-refractivity contribution in [3.63, 3.8) is 0 Å². The van der Waals surface area contributed by atoms with Gasteiger partial charge < -0.3 is 5.73 Å². The Morgan fingerprint density at radius 3 is 2.00 bits per heavy atom. The molecule has 1 atom stereocenters. The number of nitrogens with two attached hydrogens (primary N) is 1. The SMILES string of the molecule is NC1CCCc2cccc(P(c3ccccc3)c3ccccc3)c21. The van der Waals surface area contributed by atoms with Crippen molar-refractivity contribution in [1.82, 2.24) is 0 Å². The fourth-order valence-electron chi connectivity index (χ4n) is 3.68. The molecule has 0 bridgehead atoms. The van der Waals surface area contributed by atoms with E-state index in [1.165, 1.54) is 33.5 Å². The fourth-order valence-corrected chi connectivity index (χ4v) is 6.26. The summed E-state index contributed by atoms with van der Waals surface area (Å²) in [7, 11) is -0.567. The third-order valence-electron chi connectivity index (χ3n) is 4.78. The molecule has 0 radical (unpaired) electrons. The van der Waals surface area contributed by atoms with E-state index >= 15 is 0 Å². The van der Waals surface area contributed by atoms with E-state index in [1.807, 2.05) is 0 Å². The van der Waals surface area contributed by atoms with Gasteiger partial charge in [-0.15, -0.1) is 0 Å². The maximum Gasteiger partial charge on any atom is 0.0304 e. The molecule has 0 saturated heterocycles. The van der Waals surface area contributed by atoms with Crippen molar-refractivity contribution >= 4 is 23.8 Å². The monoisotopic (exact) mass is 331 g/mol. The van der Waals surface area contributed by atoms with Gasteiger partial charge in [0, 0.05) is 6.04 Å². The van der Waals surface area contributed by atoms with Crippen LogP contribution in [0.2, 0.25) is 0 Å². The van der Waals surface area contributed by atoms with Crippen LogP contribution in [0, 0.1) is 0 Å². The highest BCUT2D eigenvalue weighted by Crippen LogP contribution is 2.38. The third-order valence-corrected chi connectivity index (χ3v) is 7.28. The summed E-state index contributed by atoms with van der Waals surface area (Å²) >= 11 is 0. The molecule has 24 heavy (non-hydrogen) atoms. The van der Waals surface area contributed by atoms with Gasteiger partial charge in [0.15, 0.2) is 0 Å². The molecule has 0 amide bonds. The molecule has 4 rings (SSSR count). The summed E-state index contributed by atoms with van der Waals surface area (Å²) in [4.78, 5) is 0. The second-order valence-corrected chi connectivity index (χ2v) is 8.54. The van der Waals surface area contributed by atoms with Crippen molar-refractivity contribution in [2.45, 2.75) is 25.3 Å². The zero-order chi connectivity index (χ0) is 16.4. The van der Waals surface area contributed by atoms with Gasteiger partial charge in [-0.2, -0.15) is 0 Å². The molecule has 1 nitrogen and oxygen atoms in total. The predicted octanol–water partition coefficient (Wildman–Crippen LogP) is 3.78. The predicted molar refractivity (Wildman–Crippen MR) is 105 cm³/mol. The Labute approximate surface area is 145 Å². The first-order valence-corrected chi connectivity index (χ1v) is 9.96. The molecular weight excluding hydrogens is 309 g/mol. The molecule has 3 aromatic rings. The van der Waals surface area contributed by atoms with Gasteiger partial charge in [-0.05, 0) is 54.2 Å². The average Bonchev–Trinajstić information content (AvgIpc) is 2.64. The van der Waals surface area contributed by atoms with Gasteiger partial charge in [-0.1, -0.05) is 78.9 Å². The van der Waals surface area contributed by atoms with Gasteiger partial charge in [-0.3, -0.25) is 0 Å². The quantitative estimate of drug-likeness (QED) is 0.726. The Morgan fingerprint density at radius 1 is 0.750 bits per heavy atom. The Morgan fingerprint density at radius 2 is 1.38 bits per heavy atom. The van der Waals surface area contributed by atoms with Crippen LogP contribution in [-0.2, 0) is 6.42 Å². The molecule has 0 spiro atoms. The average molecular weight is 331 g/mol. The van der Waals surface area contributed by atoms with Gasteiger partial charge in [0.2, 0.25) is 0 Å². The number of rotatable bonds is 3. The van der Waals surface area contributed by atoms with Crippen molar-refractivity contribution in [2.75, 3.05) is 0 Å². The topological polar surface area (TPSA) is 26.0 Å². The Bertz CT molecular complexity index is 774. The summed E-state index contributed by atoms with van der Waals surface area (Å²) < 4.78 is 0. The van der Waals surface area contributed by atoms with E-state index in [0.717, 1.165) is 12.8 Å². The Hall–Kier alpha value is -1.95. The molecule has 0 fully saturated rings. The van der Waals surface area contributed by atoms with Crippen LogP contribution < -0.4 is 21.6 Å². The van der Waals surface area contributed by atoms with Crippen molar-refractivity contribution in [2.24, 2.45) is 5.73 Å². The number of hydrogen-bond donors (Lipinski definition) is 1. The maximum absolute atomic E-state index is 6.55. The maximum atomic E-state index is 6.55. The lowest BCUT2D eigenvalue weighted by Crippen LogP contribution is -2.30. The number of aryl methyl sites for hydroxylation is 1. The van der Waals surface area contributed by atoms with Crippen LogP contribution in [0.25, 0.3) is 0 Å². The molecule has 0 saturated carbocycles. The van der Waals surface area contributed by atoms with Crippen LogP contribution in [0.3, 0.4) is 0 Å². The van der Waals surface area contributed by atoms with Crippen molar-refractivity contribution < 1.29 is 0 Å². The second-order valence-electron chi connectivity index (χ2n) is 6.36. The highest BCUT2D eigenvalue weighted by atomic mass is 31.1. The van der Waals surface area contributed by atoms with Gasteiger partial charge >= 0.3 is 0 Å². The van der Waals surface area contributed by atoms with Crippen LogP contribution in [0.1, 0.15) is 30.0 Å². The molecular formula is C22H22NP. The lowest BCUT2D eigenvalue weighted by atomic mass is 9.88. The van der Waals surface area contributed by atoms with E-state index in [9.17, 15) is 0 Å². The molecule has 2 heteroatoms. The van der Waals surface area contributed by atoms with Crippen LogP contribution >= 0.6 is 7.92 Å². The first kappa shape index (κ1) is 15.6. The minimum atomic E-state index is -0.567. The van der Waals surface area contributed by atoms with E-state index in [1.54, 1.807) is 0 Å². The summed E-state index contributed by atoms with van der Waals surface area (Å²) in [6, 6.07) is 28.7. The van der Waals surface area contributed by atoms with E-state index < -0.39 is 7.92 Å². The van der Waals surface area contributed by atoms with Crippen LogP contribution in [0.4, 0.5) is 0 Å². The largest absolute Gasteiger partial charge is 0.324 e. The fraction of sp³-hybridized carbons (Fsp3) is 0.182. The molecule has 120 valence electrons. The van der Waals surface area contributed by atoms with E-state index in [4.69, 9.17) is 5.73 Å². The van der Waals surface area contributed by atoms with Crippen LogP contribution in [0.15, 0.2) is 78.9 Å². The molecule has 3 aromatic carbocycles. The van der Waals surface area contributed by atoms with Crippen molar-refractivity contribution in [3.8, 4) is 0 Å². The zero-order valence-electron chi connectivity index (χ0n) is 13.7. The smallest absolute Gasteiger partial charge is 0.0304 e. The molecule has 0 heterocycles. The number of fused-ring (bicyclic) bond motifs is 1. The summed E-state index contributed by atoms with van der Waals surface area (Å²) in [6.07, 6.45) is 3.45. The highest BCUT2D eigenvalue weighted by Gasteiger charge is 2.25. The molecule has 1 unspecified atom stereocenters. The van der Waals surface area contributed by atoms with Crippen LogP contribution in [0.5, 0.6) is 0 Å². The standard InChI is InChI=1S/C22H22NP/c23-20-15-7-9-17-10-8-16-21(22(17)20)24(18-11-3-1-4-12-18)19-13-5-2-6-14-19/h1-6,8,10-14,16,20H,7,9,15,23H2.